The Morgan fingerprint density at radius 3 is 2.38 bits per heavy atom. The lowest BCUT2D eigenvalue weighted by Crippen LogP contribution is -2.47. The standard InChI is InChI=1S/C7H13F3N2O/c1-2-3-4-5-7(8,11)6(13)12(9)10/h2-5,11H2,1H3. The molecule has 13 heavy (non-hydrogen) atoms. The zero-order valence-electron chi connectivity index (χ0n) is 7.40. The van der Waals surface area contributed by atoms with Crippen molar-refractivity contribution in [3.8, 4) is 0 Å². The predicted molar refractivity (Wildman–Crippen MR) is 41.2 cm³/mol. The fraction of sp³-hybridized carbons (Fsp3) is 0.857. The summed E-state index contributed by atoms with van der Waals surface area (Å²) >= 11 is 0. The Morgan fingerprint density at radius 2 is 2.00 bits per heavy atom. The minimum Gasteiger partial charge on any atom is -0.291 e. The highest BCUT2D eigenvalue weighted by molar-refractivity contribution is 5.82. The SMILES string of the molecule is CCCCCC(N)(F)C(=O)N(F)F. The molecule has 1 atom stereocenters. The van der Waals surface area contributed by atoms with Gasteiger partial charge in [-0.05, 0) is 6.42 Å². The Labute approximate surface area is 74.6 Å². The Morgan fingerprint density at radius 1 is 1.46 bits per heavy atom. The smallest absolute Gasteiger partial charge is 0.291 e. The van der Waals surface area contributed by atoms with Crippen molar-refractivity contribution in [2.45, 2.75) is 38.4 Å². The average molecular weight is 198 g/mol. The van der Waals surface area contributed by atoms with Crippen molar-refractivity contribution >= 4 is 5.91 Å². The van der Waals surface area contributed by atoms with Crippen LogP contribution < -0.4 is 5.73 Å². The van der Waals surface area contributed by atoms with Gasteiger partial charge in [-0.1, -0.05) is 28.7 Å². The van der Waals surface area contributed by atoms with Gasteiger partial charge in [-0.3, -0.25) is 10.5 Å². The molecule has 0 saturated heterocycles. The van der Waals surface area contributed by atoms with E-state index in [4.69, 9.17) is 5.73 Å². The van der Waals surface area contributed by atoms with E-state index in [0.29, 0.717) is 12.8 Å². The summed E-state index contributed by atoms with van der Waals surface area (Å²) in [4.78, 5) is 10.4. The molecule has 0 bridgehead atoms. The number of halogens is 3. The van der Waals surface area contributed by atoms with Gasteiger partial charge in [-0.2, -0.15) is 0 Å². The third kappa shape index (κ3) is 4.12. The molecule has 0 saturated carbocycles. The molecule has 2 N–H and O–H groups in total. The highest BCUT2D eigenvalue weighted by atomic mass is 19.4. The topological polar surface area (TPSA) is 46.3 Å². The highest BCUT2D eigenvalue weighted by Crippen LogP contribution is 2.17. The average Bonchev–Trinajstić information content (AvgIpc) is 2.03. The number of hydrogen-bond acceptors (Lipinski definition) is 2. The molecule has 1 unspecified atom stereocenters. The molecule has 0 spiro atoms. The number of hydrogen-bond donors (Lipinski definition) is 1. The molecular formula is C7H13F3N2O. The number of amides is 1. The summed E-state index contributed by atoms with van der Waals surface area (Å²) < 4.78 is 36.2. The molecule has 0 fully saturated rings. The molecule has 3 nitrogen and oxygen atoms in total. The first-order chi connectivity index (χ1) is 5.91. The van der Waals surface area contributed by atoms with Gasteiger partial charge >= 0.3 is 5.91 Å². The molecule has 0 aliphatic rings. The Bertz CT molecular complexity index is 173. The highest BCUT2D eigenvalue weighted by Gasteiger charge is 2.38. The van der Waals surface area contributed by atoms with Crippen LogP contribution in [0.3, 0.4) is 0 Å². The maximum Gasteiger partial charge on any atom is 0.335 e. The van der Waals surface area contributed by atoms with E-state index in [0.717, 1.165) is 6.42 Å². The first-order valence-electron chi connectivity index (χ1n) is 4.05. The molecule has 0 aliphatic heterocycles. The maximum absolute atomic E-state index is 13.0. The molecule has 0 aliphatic carbocycles. The summed E-state index contributed by atoms with van der Waals surface area (Å²) in [6.45, 7) is 1.87. The minimum atomic E-state index is -2.93. The molecule has 0 aromatic carbocycles. The van der Waals surface area contributed by atoms with E-state index in [1.165, 1.54) is 0 Å². The Balaban J connectivity index is 3.99. The lowest BCUT2D eigenvalue weighted by Gasteiger charge is -2.17. The first kappa shape index (κ1) is 12.2. The summed E-state index contributed by atoms with van der Waals surface area (Å²) in [6, 6.07) is 0. The van der Waals surface area contributed by atoms with Crippen LogP contribution in [0.2, 0.25) is 0 Å². The third-order valence-electron chi connectivity index (χ3n) is 1.65. The number of carbonyl (C=O) groups is 1. The quantitative estimate of drug-likeness (QED) is 0.416. The number of unbranched alkanes of at least 4 members (excludes halogenated alkanes) is 2. The fourth-order valence-electron chi connectivity index (χ4n) is 0.880. The van der Waals surface area contributed by atoms with E-state index in [1.807, 2.05) is 6.92 Å². The normalized spacial score (nSPS) is 15.2. The maximum atomic E-state index is 13.0. The second-order valence-electron chi connectivity index (χ2n) is 2.86. The molecule has 0 radical (unpaired) electrons. The number of alkyl halides is 1. The molecule has 0 aromatic heterocycles. The number of nitrogens with zero attached hydrogens (tertiary/aromatic N) is 1. The first-order valence-corrected chi connectivity index (χ1v) is 4.05. The molecule has 0 aromatic rings. The molecule has 6 heteroatoms. The predicted octanol–water partition coefficient (Wildman–Crippen LogP) is 1.79. The van der Waals surface area contributed by atoms with E-state index in [1.54, 1.807) is 0 Å². The zero-order chi connectivity index (χ0) is 10.5. The van der Waals surface area contributed by atoms with Crippen LogP contribution in [0.5, 0.6) is 0 Å². The molecule has 78 valence electrons. The van der Waals surface area contributed by atoms with E-state index in [9.17, 15) is 18.1 Å². The van der Waals surface area contributed by atoms with Gasteiger partial charge in [0.1, 0.15) is 0 Å². The van der Waals surface area contributed by atoms with Crippen LogP contribution in [0.25, 0.3) is 0 Å². The monoisotopic (exact) mass is 198 g/mol. The van der Waals surface area contributed by atoms with E-state index in [2.05, 4.69) is 0 Å². The van der Waals surface area contributed by atoms with Gasteiger partial charge in [0.2, 0.25) is 5.79 Å². The second-order valence-corrected chi connectivity index (χ2v) is 2.86. The second kappa shape index (κ2) is 5.06. The number of rotatable bonds is 5. The van der Waals surface area contributed by atoms with Crippen LogP contribution in [-0.4, -0.2) is 17.0 Å². The Hall–Kier alpha value is -0.780. The van der Waals surface area contributed by atoms with Gasteiger partial charge in [0, 0.05) is 11.8 Å². The van der Waals surface area contributed by atoms with Crippen LogP contribution >= 0.6 is 0 Å². The van der Waals surface area contributed by atoms with Crippen LogP contribution in [-0.2, 0) is 4.79 Å². The third-order valence-corrected chi connectivity index (χ3v) is 1.65. The van der Waals surface area contributed by atoms with Crippen molar-refractivity contribution in [2.75, 3.05) is 0 Å². The summed E-state index contributed by atoms with van der Waals surface area (Å²) in [6.07, 6.45) is 1.42. The summed E-state index contributed by atoms with van der Waals surface area (Å²) in [5.41, 5.74) is 4.76. The van der Waals surface area contributed by atoms with Gasteiger partial charge in [-0.15, -0.1) is 0 Å². The van der Waals surface area contributed by atoms with Crippen molar-refractivity contribution in [1.82, 2.24) is 5.34 Å². The Kier molecular flexibility index (Phi) is 4.76. The van der Waals surface area contributed by atoms with Gasteiger partial charge in [-0.25, -0.2) is 4.39 Å². The van der Waals surface area contributed by atoms with Crippen LogP contribution in [0, 0.1) is 0 Å². The lowest BCUT2D eigenvalue weighted by molar-refractivity contribution is -0.200. The summed E-state index contributed by atoms with van der Waals surface area (Å²) in [5.74, 6) is -4.91. The van der Waals surface area contributed by atoms with Crippen molar-refractivity contribution < 1.29 is 18.1 Å². The van der Waals surface area contributed by atoms with Crippen molar-refractivity contribution in [1.29, 1.82) is 0 Å². The molecule has 0 heterocycles. The van der Waals surface area contributed by atoms with Crippen molar-refractivity contribution in [2.24, 2.45) is 5.73 Å². The lowest BCUT2D eigenvalue weighted by atomic mass is 10.1. The summed E-state index contributed by atoms with van der Waals surface area (Å²) in [7, 11) is 0. The molecule has 1 amide bonds. The van der Waals surface area contributed by atoms with Crippen molar-refractivity contribution in [3.63, 3.8) is 0 Å². The largest absolute Gasteiger partial charge is 0.335 e. The van der Waals surface area contributed by atoms with E-state index < -0.39 is 17.0 Å². The van der Waals surface area contributed by atoms with Crippen molar-refractivity contribution in [3.05, 3.63) is 0 Å². The van der Waals surface area contributed by atoms with Crippen LogP contribution in [0.4, 0.5) is 13.4 Å². The van der Waals surface area contributed by atoms with E-state index in [-0.39, 0.29) is 6.42 Å². The summed E-state index contributed by atoms with van der Waals surface area (Å²) in [5, 5.41) is -1.81. The van der Waals surface area contributed by atoms with Gasteiger partial charge in [0.05, 0.1) is 0 Å². The van der Waals surface area contributed by atoms with Gasteiger partial charge < -0.3 is 0 Å². The fourth-order valence-corrected chi connectivity index (χ4v) is 0.880. The minimum absolute atomic E-state index is 0.322. The van der Waals surface area contributed by atoms with Crippen LogP contribution in [0.1, 0.15) is 32.6 Å². The van der Waals surface area contributed by atoms with Gasteiger partial charge in [0.15, 0.2) is 0 Å². The van der Waals surface area contributed by atoms with Crippen LogP contribution in [0.15, 0.2) is 0 Å². The molecule has 0 rings (SSSR count). The number of nitrogens with two attached hydrogens (primary N) is 1. The zero-order valence-corrected chi connectivity index (χ0v) is 7.40. The van der Waals surface area contributed by atoms with Gasteiger partial charge in [0.25, 0.3) is 0 Å². The number of carbonyl (C=O) groups excluding carboxylic acids is 1. The van der Waals surface area contributed by atoms with E-state index >= 15 is 0 Å². The molecular weight excluding hydrogens is 185 g/mol.